The van der Waals surface area contributed by atoms with Crippen molar-refractivity contribution in [3.05, 3.63) is 47.5 Å². The molecule has 0 aromatic heterocycles. The normalized spacial score (nSPS) is 19.2. The Morgan fingerprint density at radius 2 is 1.67 bits per heavy atom. The van der Waals surface area contributed by atoms with Crippen molar-refractivity contribution < 1.29 is 38.9 Å². The van der Waals surface area contributed by atoms with Crippen LogP contribution in [0.2, 0.25) is 0 Å². The molecule has 6 N–H and O–H groups in total. The highest BCUT2D eigenvalue weighted by Crippen LogP contribution is 2.38. The number of hydrogen-bond donors (Lipinski definition) is 6. The Balaban J connectivity index is 1.61. The zero-order valence-corrected chi connectivity index (χ0v) is 28.2. The Kier molecular flexibility index (Phi) is 13.1. The van der Waals surface area contributed by atoms with Gasteiger partial charge in [0.1, 0.15) is 35.5 Å². The van der Waals surface area contributed by atoms with Gasteiger partial charge in [-0.25, -0.2) is 0 Å². The minimum absolute atomic E-state index is 0.0144. The molecule has 0 radical (unpaired) electrons. The Bertz CT molecular complexity index is 1570. The second-order valence-corrected chi connectivity index (χ2v) is 12.3. The van der Waals surface area contributed by atoms with Crippen LogP contribution in [-0.2, 0) is 35.1 Å². The van der Waals surface area contributed by atoms with Gasteiger partial charge in [-0.3, -0.25) is 29.0 Å². The minimum Gasteiger partial charge on any atom is -0.507 e. The van der Waals surface area contributed by atoms with Crippen LogP contribution >= 0.6 is 0 Å². The molecule has 2 aliphatic heterocycles. The van der Waals surface area contributed by atoms with Crippen LogP contribution in [0.15, 0.2) is 41.4 Å². The Labute approximate surface area is 285 Å². The van der Waals surface area contributed by atoms with Crippen LogP contribution in [0.25, 0.3) is 11.1 Å². The van der Waals surface area contributed by atoms with Crippen molar-refractivity contribution in [1.82, 2.24) is 26.2 Å². The molecule has 2 aromatic carbocycles. The van der Waals surface area contributed by atoms with E-state index in [-0.39, 0.29) is 53.8 Å². The predicted molar refractivity (Wildman–Crippen MR) is 182 cm³/mol. The number of amidine groups is 1. The standard InChI is InChI=1S/C35H46N6O8/c1-4-5-6-7-8-9-31(45)37-18-30(36-2)41(3)33-22-11-13-27(43)24(16-22)23-14-21(10-12-26(23)42)15-25(40-32(46)19-39-35(33)48)34(47)38-17-28(44)29-20-49-29/h10-14,16,25,29,33,42-43H,4-9,15,17-20H2,1-3H3,(H,37,45)(H,38,47)(H,39,48)(H,40,46). The van der Waals surface area contributed by atoms with E-state index >= 15 is 0 Å². The summed E-state index contributed by atoms with van der Waals surface area (Å²) >= 11 is 0. The molecular weight excluding hydrogens is 632 g/mol. The van der Waals surface area contributed by atoms with Crippen molar-refractivity contribution in [2.45, 2.75) is 70.1 Å². The lowest BCUT2D eigenvalue weighted by Gasteiger charge is -2.31. The number of benzene rings is 2. The van der Waals surface area contributed by atoms with Crippen molar-refractivity contribution in [2.75, 3.05) is 40.3 Å². The highest BCUT2D eigenvalue weighted by molar-refractivity contribution is 5.96. The number of nitrogens with one attached hydrogen (secondary N) is 4. The number of carbonyl (C=O) groups excluding carboxylic acids is 5. The molecule has 2 heterocycles. The minimum atomic E-state index is -1.13. The smallest absolute Gasteiger partial charge is 0.247 e. The van der Waals surface area contributed by atoms with Crippen molar-refractivity contribution in [3.63, 3.8) is 0 Å². The van der Waals surface area contributed by atoms with Crippen molar-refractivity contribution in [3.8, 4) is 22.6 Å². The maximum absolute atomic E-state index is 13.8. The number of likely N-dealkylation sites (N-methyl/N-ethyl adjacent to an activating group) is 1. The maximum atomic E-state index is 13.8. The van der Waals surface area contributed by atoms with Gasteiger partial charge in [0.25, 0.3) is 0 Å². The zero-order valence-electron chi connectivity index (χ0n) is 28.2. The molecule has 0 spiro atoms. The maximum Gasteiger partial charge on any atom is 0.247 e. The van der Waals surface area contributed by atoms with Crippen LogP contribution in [0.4, 0.5) is 0 Å². The summed E-state index contributed by atoms with van der Waals surface area (Å²) in [5.74, 6) is -2.23. The average molecular weight is 679 g/mol. The molecule has 0 saturated carbocycles. The van der Waals surface area contributed by atoms with Gasteiger partial charge in [0.15, 0.2) is 5.78 Å². The van der Waals surface area contributed by atoms with E-state index in [0.717, 1.165) is 32.1 Å². The van der Waals surface area contributed by atoms with Gasteiger partial charge in [-0.2, -0.15) is 0 Å². The van der Waals surface area contributed by atoms with Crippen LogP contribution in [0.1, 0.15) is 62.6 Å². The van der Waals surface area contributed by atoms with E-state index in [0.29, 0.717) is 30.0 Å². The molecule has 1 fully saturated rings. The number of epoxide rings is 1. The number of rotatable bonds is 13. The van der Waals surface area contributed by atoms with Crippen LogP contribution in [-0.4, -0.2) is 103 Å². The number of phenolic OH excluding ortho intramolecular Hbond substituents is 2. The van der Waals surface area contributed by atoms with Crippen LogP contribution in [0, 0.1) is 0 Å². The van der Waals surface area contributed by atoms with Gasteiger partial charge in [0.05, 0.1) is 26.2 Å². The lowest BCUT2D eigenvalue weighted by molar-refractivity contribution is -0.131. The number of unbranched alkanes of at least 4 members (excludes halogenated alkanes) is 4. The summed E-state index contributed by atoms with van der Waals surface area (Å²) in [5, 5.41) is 32.5. The summed E-state index contributed by atoms with van der Waals surface area (Å²) in [6, 6.07) is 6.90. The summed E-state index contributed by atoms with van der Waals surface area (Å²) in [6.45, 7) is 1.73. The van der Waals surface area contributed by atoms with Gasteiger partial charge in [0.2, 0.25) is 23.6 Å². The summed E-state index contributed by atoms with van der Waals surface area (Å²) in [7, 11) is 3.17. The lowest BCUT2D eigenvalue weighted by atomic mass is 9.94. The van der Waals surface area contributed by atoms with E-state index in [4.69, 9.17) is 4.74 Å². The van der Waals surface area contributed by atoms with Crippen LogP contribution in [0.5, 0.6) is 11.5 Å². The number of nitrogens with zero attached hydrogens (tertiary/aromatic N) is 2. The van der Waals surface area contributed by atoms with Crippen LogP contribution < -0.4 is 21.3 Å². The molecule has 3 unspecified atom stereocenters. The average Bonchev–Trinajstić information content (AvgIpc) is 3.93. The molecular formula is C35H46N6O8. The van der Waals surface area contributed by atoms with E-state index in [1.165, 1.54) is 12.1 Å². The lowest BCUT2D eigenvalue weighted by Crippen LogP contribution is -2.52. The third kappa shape index (κ3) is 10.3. The number of hydrogen-bond acceptors (Lipinski definition) is 9. The quantitative estimate of drug-likeness (QED) is 0.0786. The third-order valence-corrected chi connectivity index (χ3v) is 8.58. The first-order valence-electron chi connectivity index (χ1n) is 16.6. The largest absolute Gasteiger partial charge is 0.507 e. The Morgan fingerprint density at radius 1 is 0.980 bits per heavy atom. The number of carbonyl (C=O) groups is 5. The molecule has 4 bridgehead atoms. The summed E-state index contributed by atoms with van der Waals surface area (Å²) < 4.78 is 4.97. The molecule has 4 amide bonds. The first-order chi connectivity index (χ1) is 23.5. The van der Waals surface area contributed by atoms with E-state index < -0.39 is 42.5 Å². The number of amides is 4. The summed E-state index contributed by atoms with van der Waals surface area (Å²) in [4.78, 5) is 70.7. The fourth-order valence-corrected chi connectivity index (χ4v) is 5.68. The third-order valence-electron chi connectivity index (χ3n) is 8.58. The first kappa shape index (κ1) is 36.8. The number of aromatic hydroxyl groups is 2. The van der Waals surface area contributed by atoms with Gasteiger partial charge >= 0.3 is 0 Å². The monoisotopic (exact) mass is 678 g/mol. The topological polar surface area (TPSA) is 202 Å². The molecule has 264 valence electrons. The number of aliphatic imine (C=N–C) groups is 1. The SMILES string of the molecule is CCCCCCCC(=O)NCC(=NC)N(C)C1C(=O)NCC(=O)NC(C(=O)NCC(=O)C2CO2)Cc2ccc(O)c(c2)-c2cc1ccc2O. The molecule has 14 heteroatoms. The highest BCUT2D eigenvalue weighted by Gasteiger charge is 2.33. The van der Waals surface area contributed by atoms with E-state index in [1.807, 2.05) is 0 Å². The molecule has 0 aliphatic carbocycles. The zero-order chi connectivity index (χ0) is 35.5. The van der Waals surface area contributed by atoms with E-state index in [1.54, 1.807) is 43.3 Å². The van der Waals surface area contributed by atoms with Gasteiger partial charge < -0.3 is 41.1 Å². The number of ketones is 1. The fourth-order valence-electron chi connectivity index (χ4n) is 5.68. The summed E-state index contributed by atoms with van der Waals surface area (Å²) in [5.41, 5.74) is 1.43. The van der Waals surface area contributed by atoms with E-state index in [9.17, 15) is 34.2 Å². The molecule has 4 rings (SSSR count). The van der Waals surface area contributed by atoms with Gasteiger partial charge in [-0.05, 0) is 41.8 Å². The molecule has 3 atom stereocenters. The van der Waals surface area contributed by atoms with Crippen molar-refractivity contribution in [1.29, 1.82) is 0 Å². The van der Waals surface area contributed by atoms with Gasteiger partial charge in [0, 0.05) is 38.1 Å². The highest BCUT2D eigenvalue weighted by atomic mass is 16.6. The number of fused-ring (bicyclic) bond motifs is 5. The van der Waals surface area contributed by atoms with Crippen molar-refractivity contribution >= 4 is 35.2 Å². The molecule has 49 heavy (non-hydrogen) atoms. The molecule has 2 aromatic rings. The second kappa shape index (κ2) is 17.4. The Morgan fingerprint density at radius 3 is 2.37 bits per heavy atom. The second-order valence-electron chi connectivity index (χ2n) is 12.3. The van der Waals surface area contributed by atoms with Gasteiger partial charge in [-0.1, -0.05) is 44.7 Å². The van der Waals surface area contributed by atoms with Crippen molar-refractivity contribution in [2.24, 2.45) is 4.99 Å². The predicted octanol–water partition coefficient (Wildman–Crippen LogP) is 1.48. The van der Waals surface area contributed by atoms with E-state index in [2.05, 4.69) is 33.2 Å². The number of phenols is 2. The van der Waals surface area contributed by atoms with Crippen LogP contribution in [0.3, 0.4) is 0 Å². The first-order valence-corrected chi connectivity index (χ1v) is 16.6. The number of Topliss-reactive ketones (excluding diaryl/α,β-unsaturated/α-hetero) is 1. The Hall–Kier alpha value is -4.98. The van der Waals surface area contributed by atoms with Gasteiger partial charge in [-0.15, -0.1) is 0 Å². The molecule has 1 saturated heterocycles. The fraction of sp³-hybridized carbons (Fsp3) is 0.486. The summed E-state index contributed by atoms with van der Waals surface area (Å²) in [6.07, 6.45) is 4.87. The molecule has 2 aliphatic rings. The number of ether oxygens (including phenoxy) is 1. The molecule has 14 nitrogen and oxygen atoms in total.